The molecule has 108 valence electrons. The van der Waals surface area contributed by atoms with Gasteiger partial charge in [0, 0.05) is 18.7 Å². The summed E-state index contributed by atoms with van der Waals surface area (Å²) in [6.45, 7) is 4.48. The fourth-order valence-corrected chi connectivity index (χ4v) is 3.04. The van der Waals surface area contributed by atoms with Crippen LogP contribution in [-0.2, 0) is 6.42 Å². The molecule has 0 radical (unpaired) electrons. The largest absolute Gasteiger partial charge is 0.317 e. The number of likely N-dealkylation sites (N-methyl/N-ethyl adjacent to an activating group) is 1. The Morgan fingerprint density at radius 1 is 1.37 bits per heavy atom. The maximum absolute atomic E-state index is 4.77. The Balaban J connectivity index is 1.89. The zero-order chi connectivity index (χ0) is 13.7. The minimum atomic E-state index is 0.563. The first-order valence-corrected chi connectivity index (χ1v) is 7.98. The Bertz CT molecular complexity index is 364. The van der Waals surface area contributed by atoms with Crippen LogP contribution in [0, 0.1) is 5.92 Å². The van der Waals surface area contributed by atoms with Gasteiger partial charge in [-0.2, -0.15) is 5.10 Å². The van der Waals surface area contributed by atoms with Crippen molar-refractivity contribution in [2.75, 3.05) is 7.05 Å². The maximum atomic E-state index is 4.77. The summed E-state index contributed by atoms with van der Waals surface area (Å²) in [5.74, 6) is 0.957. The summed E-state index contributed by atoms with van der Waals surface area (Å²) in [7, 11) is 2.08. The first-order chi connectivity index (χ1) is 9.26. The van der Waals surface area contributed by atoms with Gasteiger partial charge in [0.05, 0.1) is 11.7 Å². The zero-order valence-electron chi connectivity index (χ0n) is 12.7. The third kappa shape index (κ3) is 3.82. The lowest BCUT2D eigenvalue weighted by molar-refractivity contribution is 0.262. The molecule has 2 rings (SSSR count). The molecule has 1 aliphatic rings. The van der Waals surface area contributed by atoms with Crippen LogP contribution >= 0.6 is 0 Å². The van der Waals surface area contributed by atoms with E-state index in [0.717, 1.165) is 25.2 Å². The van der Waals surface area contributed by atoms with E-state index in [9.17, 15) is 0 Å². The second-order valence-corrected chi connectivity index (χ2v) is 5.98. The highest BCUT2D eigenvalue weighted by Gasteiger charge is 2.22. The SMILES string of the molecule is CCC(CC)n1ccc(CC(CC2CCC2)NC)n1. The molecule has 0 bridgehead atoms. The highest BCUT2D eigenvalue weighted by molar-refractivity contribution is 5.02. The van der Waals surface area contributed by atoms with E-state index < -0.39 is 0 Å². The molecule has 19 heavy (non-hydrogen) atoms. The molecular weight excluding hydrogens is 234 g/mol. The lowest BCUT2D eigenvalue weighted by atomic mass is 9.80. The minimum Gasteiger partial charge on any atom is -0.317 e. The van der Waals surface area contributed by atoms with Gasteiger partial charge in [-0.1, -0.05) is 33.1 Å². The molecule has 0 aliphatic heterocycles. The van der Waals surface area contributed by atoms with Crippen molar-refractivity contribution in [3.05, 3.63) is 18.0 Å². The smallest absolute Gasteiger partial charge is 0.0640 e. The van der Waals surface area contributed by atoms with Crippen molar-refractivity contribution in [2.45, 2.75) is 70.9 Å². The van der Waals surface area contributed by atoms with Gasteiger partial charge in [-0.3, -0.25) is 4.68 Å². The summed E-state index contributed by atoms with van der Waals surface area (Å²) in [6, 6.07) is 3.35. The van der Waals surface area contributed by atoms with Crippen LogP contribution in [0.1, 0.15) is 64.1 Å². The van der Waals surface area contributed by atoms with Crippen molar-refractivity contribution in [2.24, 2.45) is 5.92 Å². The van der Waals surface area contributed by atoms with Gasteiger partial charge < -0.3 is 5.32 Å². The summed E-state index contributed by atoms with van der Waals surface area (Å²) < 4.78 is 2.16. The molecule has 1 heterocycles. The molecule has 0 amide bonds. The lowest BCUT2D eigenvalue weighted by Gasteiger charge is -2.29. The lowest BCUT2D eigenvalue weighted by Crippen LogP contribution is -2.32. The molecule has 1 unspecified atom stereocenters. The average molecular weight is 263 g/mol. The number of rotatable bonds is 8. The van der Waals surface area contributed by atoms with Crippen molar-refractivity contribution in [3.63, 3.8) is 0 Å². The van der Waals surface area contributed by atoms with E-state index in [2.05, 4.69) is 43.2 Å². The van der Waals surface area contributed by atoms with Gasteiger partial charge in [-0.05, 0) is 38.3 Å². The van der Waals surface area contributed by atoms with Crippen LogP contribution in [0.2, 0.25) is 0 Å². The molecule has 0 saturated heterocycles. The normalized spacial score (nSPS) is 17.7. The third-order valence-electron chi connectivity index (χ3n) is 4.69. The van der Waals surface area contributed by atoms with Crippen LogP contribution in [0.4, 0.5) is 0 Å². The van der Waals surface area contributed by atoms with Gasteiger partial charge in [0.2, 0.25) is 0 Å². The Morgan fingerprint density at radius 2 is 2.11 bits per heavy atom. The third-order valence-corrected chi connectivity index (χ3v) is 4.69. The molecule has 1 saturated carbocycles. The Kier molecular flexibility index (Phi) is 5.44. The fourth-order valence-electron chi connectivity index (χ4n) is 3.04. The highest BCUT2D eigenvalue weighted by Crippen LogP contribution is 2.31. The van der Waals surface area contributed by atoms with Crippen molar-refractivity contribution in [1.29, 1.82) is 0 Å². The molecule has 3 nitrogen and oxygen atoms in total. The molecule has 1 fully saturated rings. The minimum absolute atomic E-state index is 0.563. The Hall–Kier alpha value is -0.830. The first kappa shape index (κ1) is 14.6. The number of hydrogen-bond donors (Lipinski definition) is 1. The van der Waals surface area contributed by atoms with E-state index in [1.54, 1.807) is 0 Å². The Labute approximate surface area is 117 Å². The van der Waals surface area contributed by atoms with Gasteiger partial charge in [0.15, 0.2) is 0 Å². The van der Waals surface area contributed by atoms with Crippen LogP contribution in [0.5, 0.6) is 0 Å². The molecule has 1 atom stereocenters. The van der Waals surface area contributed by atoms with Gasteiger partial charge in [-0.25, -0.2) is 0 Å². The monoisotopic (exact) mass is 263 g/mol. The number of nitrogens with one attached hydrogen (secondary N) is 1. The Morgan fingerprint density at radius 3 is 2.63 bits per heavy atom. The van der Waals surface area contributed by atoms with Crippen LogP contribution in [0.15, 0.2) is 12.3 Å². The zero-order valence-corrected chi connectivity index (χ0v) is 12.7. The molecule has 1 aromatic rings. The van der Waals surface area contributed by atoms with E-state index in [1.807, 2.05) is 0 Å². The van der Waals surface area contributed by atoms with Gasteiger partial charge in [0.25, 0.3) is 0 Å². The summed E-state index contributed by atoms with van der Waals surface area (Å²) in [4.78, 5) is 0. The maximum Gasteiger partial charge on any atom is 0.0640 e. The molecule has 1 aromatic heterocycles. The standard InChI is InChI=1S/C16H29N3/c1-4-16(5-2)19-10-9-14(18-19)12-15(17-3)11-13-7-6-8-13/h9-10,13,15-17H,4-8,11-12H2,1-3H3. The highest BCUT2D eigenvalue weighted by atomic mass is 15.3. The van der Waals surface area contributed by atoms with Crippen molar-refractivity contribution >= 4 is 0 Å². The van der Waals surface area contributed by atoms with Crippen molar-refractivity contribution in [1.82, 2.24) is 15.1 Å². The summed E-state index contributed by atoms with van der Waals surface area (Å²) in [5.41, 5.74) is 1.24. The second-order valence-electron chi connectivity index (χ2n) is 5.98. The molecule has 0 spiro atoms. The number of nitrogens with zero attached hydrogens (tertiary/aromatic N) is 2. The van der Waals surface area contributed by atoms with E-state index in [0.29, 0.717) is 12.1 Å². The predicted molar refractivity (Wildman–Crippen MR) is 80.4 cm³/mol. The molecule has 0 aromatic carbocycles. The second kappa shape index (κ2) is 7.09. The summed E-state index contributed by atoms with van der Waals surface area (Å²) in [6.07, 6.45) is 11.2. The fraction of sp³-hybridized carbons (Fsp3) is 0.812. The molecule has 1 N–H and O–H groups in total. The van der Waals surface area contributed by atoms with E-state index in [1.165, 1.54) is 31.4 Å². The van der Waals surface area contributed by atoms with E-state index >= 15 is 0 Å². The van der Waals surface area contributed by atoms with Gasteiger partial charge in [-0.15, -0.1) is 0 Å². The van der Waals surface area contributed by atoms with Crippen LogP contribution in [0.25, 0.3) is 0 Å². The summed E-state index contributed by atoms with van der Waals surface area (Å²) >= 11 is 0. The quantitative estimate of drug-likeness (QED) is 0.777. The molecule has 1 aliphatic carbocycles. The van der Waals surface area contributed by atoms with Gasteiger partial charge in [0.1, 0.15) is 0 Å². The summed E-state index contributed by atoms with van der Waals surface area (Å²) in [5, 5.41) is 8.23. The molecule has 3 heteroatoms. The molecular formula is C16H29N3. The first-order valence-electron chi connectivity index (χ1n) is 7.98. The average Bonchev–Trinajstić information content (AvgIpc) is 2.82. The van der Waals surface area contributed by atoms with Crippen LogP contribution in [0.3, 0.4) is 0 Å². The van der Waals surface area contributed by atoms with Gasteiger partial charge >= 0.3 is 0 Å². The van der Waals surface area contributed by atoms with Crippen molar-refractivity contribution < 1.29 is 0 Å². The van der Waals surface area contributed by atoms with E-state index in [-0.39, 0.29) is 0 Å². The van der Waals surface area contributed by atoms with Crippen LogP contribution < -0.4 is 5.32 Å². The van der Waals surface area contributed by atoms with E-state index in [4.69, 9.17) is 5.10 Å². The topological polar surface area (TPSA) is 29.9 Å². The van der Waals surface area contributed by atoms with Crippen molar-refractivity contribution in [3.8, 4) is 0 Å². The number of aromatic nitrogens is 2. The number of hydrogen-bond acceptors (Lipinski definition) is 2. The predicted octanol–water partition coefficient (Wildman–Crippen LogP) is 3.56. The van der Waals surface area contributed by atoms with Crippen LogP contribution in [-0.4, -0.2) is 22.9 Å².